The smallest absolute Gasteiger partial charge is 0.227 e. The highest BCUT2D eigenvalue weighted by Gasteiger charge is 2.30. The molecule has 2 amide bonds. The molecule has 3 aromatic rings. The molecule has 0 aliphatic carbocycles. The number of para-hydroxylation sites is 1. The Kier molecular flexibility index (Phi) is 11.3. The fourth-order valence-electron chi connectivity index (χ4n) is 5.34. The molecule has 2 N–H and O–H groups in total. The van der Waals surface area contributed by atoms with Crippen molar-refractivity contribution in [3.05, 3.63) is 54.1 Å². The number of benzene rings is 2. The summed E-state index contributed by atoms with van der Waals surface area (Å²) in [5.41, 5.74) is 4.25. The number of rotatable bonds is 15. The van der Waals surface area contributed by atoms with Crippen molar-refractivity contribution in [3.63, 3.8) is 0 Å². The normalized spacial score (nSPS) is 14.0. The molecule has 1 aromatic heterocycles. The third kappa shape index (κ3) is 8.23. The number of nitrogens with zero attached hydrogens (tertiary/aromatic N) is 4. The minimum Gasteiger partial charge on any atom is -0.373 e. The highest BCUT2D eigenvalue weighted by atomic mass is 16.5. The van der Waals surface area contributed by atoms with Gasteiger partial charge in [-0.1, -0.05) is 68.4 Å². The largest absolute Gasteiger partial charge is 0.373 e. The maximum absolute atomic E-state index is 13.8. The number of nitrogens with one attached hydrogen (secondary N) is 2. The number of hydrogen-bond donors (Lipinski definition) is 2. The molecule has 4 rings (SSSR count). The van der Waals surface area contributed by atoms with Crippen LogP contribution in [0.2, 0.25) is 0 Å². The standard InChI is InChI=1S/C35H48N6O4/c1-7-35(5,45-22-19-34(3,4)25(2)42)24-37-30(43)17-18-31(44)40-23-26-13-8-9-14-27(26)33-32(28-15-10-11-16-29(28)40)38-39-41(33)21-12-20-36-6/h8-11,13-16,36H,7,12,17-24H2,1-6H3,(H,37,43). The third-order valence-corrected chi connectivity index (χ3v) is 8.99. The number of ether oxygens (including phenoxy) is 1. The zero-order valence-electron chi connectivity index (χ0n) is 27.6. The van der Waals surface area contributed by atoms with Gasteiger partial charge in [0.15, 0.2) is 0 Å². The van der Waals surface area contributed by atoms with Crippen LogP contribution in [0.3, 0.4) is 0 Å². The molecular formula is C35H48N6O4. The monoisotopic (exact) mass is 616 g/mol. The quantitative estimate of drug-likeness (QED) is 0.227. The number of anilines is 1. The van der Waals surface area contributed by atoms with E-state index in [0.717, 1.165) is 53.3 Å². The summed E-state index contributed by atoms with van der Waals surface area (Å²) in [5, 5.41) is 15.3. The lowest BCUT2D eigenvalue weighted by molar-refractivity contribution is -0.128. The number of fused-ring (bicyclic) bond motifs is 5. The first kappa shape index (κ1) is 34.0. The van der Waals surface area contributed by atoms with Gasteiger partial charge in [0.05, 0.1) is 23.5 Å². The molecule has 1 aliphatic rings. The number of Topliss-reactive ketones (excluding diaryl/α,β-unsaturated/α-hetero) is 1. The highest BCUT2D eigenvalue weighted by molar-refractivity contribution is 6.01. The van der Waals surface area contributed by atoms with Crippen LogP contribution in [0.25, 0.3) is 22.5 Å². The Balaban J connectivity index is 1.47. The molecule has 2 heterocycles. The molecule has 1 unspecified atom stereocenters. The van der Waals surface area contributed by atoms with Crippen LogP contribution in [-0.2, 0) is 32.2 Å². The zero-order valence-corrected chi connectivity index (χ0v) is 27.6. The van der Waals surface area contributed by atoms with Crippen molar-refractivity contribution in [2.75, 3.05) is 31.6 Å². The van der Waals surface area contributed by atoms with Crippen LogP contribution in [0, 0.1) is 5.41 Å². The van der Waals surface area contributed by atoms with Crippen LogP contribution in [0.1, 0.15) is 72.3 Å². The molecule has 0 saturated carbocycles. The Labute approximate surface area is 266 Å². The van der Waals surface area contributed by atoms with Crippen molar-refractivity contribution in [1.82, 2.24) is 25.6 Å². The van der Waals surface area contributed by atoms with Gasteiger partial charge in [0.2, 0.25) is 11.8 Å². The molecule has 242 valence electrons. The van der Waals surface area contributed by atoms with Crippen molar-refractivity contribution >= 4 is 23.3 Å². The maximum atomic E-state index is 13.8. The first-order chi connectivity index (χ1) is 21.5. The van der Waals surface area contributed by atoms with Gasteiger partial charge in [0.1, 0.15) is 11.5 Å². The van der Waals surface area contributed by atoms with Gasteiger partial charge in [-0.2, -0.15) is 0 Å². The van der Waals surface area contributed by atoms with Crippen molar-refractivity contribution in [1.29, 1.82) is 0 Å². The second-order valence-corrected chi connectivity index (χ2v) is 12.7. The van der Waals surface area contributed by atoms with Gasteiger partial charge in [0.25, 0.3) is 0 Å². The molecule has 0 fully saturated rings. The van der Waals surface area contributed by atoms with Crippen molar-refractivity contribution < 1.29 is 19.1 Å². The molecule has 10 heteroatoms. The van der Waals surface area contributed by atoms with Gasteiger partial charge >= 0.3 is 0 Å². The van der Waals surface area contributed by atoms with E-state index >= 15 is 0 Å². The van der Waals surface area contributed by atoms with E-state index < -0.39 is 11.0 Å². The zero-order chi connectivity index (χ0) is 32.6. The van der Waals surface area contributed by atoms with Crippen LogP contribution in [0.15, 0.2) is 48.5 Å². The first-order valence-electron chi connectivity index (χ1n) is 16.0. The molecule has 1 atom stereocenters. The number of hydrogen-bond acceptors (Lipinski definition) is 7. The van der Waals surface area contributed by atoms with Crippen LogP contribution in [-0.4, -0.2) is 64.9 Å². The van der Waals surface area contributed by atoms with Gasteiger partial charge in [-0.05, 0) is 58.3 Å². The van der Waals surface area contributed by atoms with Gasteiger partial charge < -0.3 is 20.3 Å². The molecule has 0 spiro atoms. The minimum absolute atomic E-state index is 0.0579. The molecule has 0 saturated heterocycles. The number of aromatic nitrogens is 3. The lowest BCUT2D eigenvalue weighted by Crippen LogP contribution is -2.43. The number of carbonyl (C=O) groups is 3. The minimum atomic E-state index is -0.569. The summed E-state index contributed by atoms with van der Waals surface area (Å²) in [6.07, 6.45) is 2.32. The Morgan fingerprint density at radius 2 is 1.71 bits per heavy atom. The third-order valence-electron chi connectivity index (χ3n) is 8.99. The summed E-state index contributed by atoms with van der Waals surface area (Å²) in [6, 6.07) is 15.8. The first-order valence-corrected chi connectivity index (χ1v) is 16.0. The van der Waals surface area contributed by atoms with Crippen molar-refractivity contribution in [2.45, 2.75) is 85.4 Å². The van der Waals surface area contributed by atoms with E-state index in [1.165, 1.54) is 0 Å². The highest BCUT2D eigenvalue weighted by Crippen LogP contribution is 2.41. The summed E-state index contributed by atoms with van der Waals surface area (Å²) in [7, 11) is 1.93. The fourth-order valence-corrected chi connectivity index (χ4v) is 5.34. The van der Waals surface area contributed by atoms with E-state index in [0.29, 0.717) is 32.5 Å². The Bertz CT molecular complexity index is 1500. The summed E-state index contributed by atoms with van der Waals surface area (Å²) < 4.78 is 8.09. The predicted molar refractivity (Wildman–Crippen MR) is 177 cm³/mol. The fraction of sp³-hybridized carbons (Fsp3) is 0.514. The summed E-state index contributed by atoms with van der Waals surface area (Å²) in [4.78, 5) is 40.4. The summed E-state index contributed by atoms with van der Waals surface area (Å²) in [5.74, 6) is -0.221. The Hall–Kier alpha value is -3.89. The number of amides is 2. The molecule has 2 aromatic carbocycles. The predicted octanol–water partition coefficient (Wildman–Crippen LogP) is 5.16. The number of carbonyl (C=O) groups excluding carboxylic acids is 3. The van der Waals surface area contributed by atoms with Crippen LogP contribution >= 0.6 is 0 Å². The van der Waals surface area contributed by atoms with Gasteiger partial charge in [-0.15, -0.1) is 5.10 Å². The van der Waals surface area contributed by atoms with Crippen molar-refractivity contribution in [2.24, 2.45) is 5.41 Å². The van der Waals surface area contributed by atoms with Crippen LogP contribution < -0.4 is 15.5 Å². The molecule has 0 bridgehead atoms. The average Bonchev–Trinajstić information content (AvgIpc) is 3.43. The SMILES string of the molecule is CCC(C)(CNC(=O)CCC(=O)N1Cc2ccccc2-c2c(nnn2CCCNC)-c2ccccc21)OCCC(C)(C)C(C)=O. The topological polar surface area (TPSA) is 118 Å². The van der Waals surface area contributed by atoms with Crippen LogP contribution in [0.5, 0.6) is 0 Å². The van der Waals surface area contributed by atoms with Crippen LogP contribution in [0.4, 0.5) is 5.69 Å². The average molecular weight is 617 g/mol. The molecular weight excluding hydrogens is 568 g/mol. The van der Waals surface area contributed by atoms with Gasteiger partial charge in [-0.25, -0.2) is 4.68 Å². The molecule has 0 radical (unpaired) electrons. The van der Waals surface area contributed by atoms with E-state index in [2.05, 4.69) is 27.0 Å². The van der Waals surface area contributed by atoms with E-state index in [-0.39, 0.29) is 30.4 Å². The summed E-state index contributed by atoms with van der Waals surface area (Å²) in [6.45, 7) is 12.1. The molecule has 10 nitrogen and oxygen atoms in total. The van der Waals surface area contributed by atoms with Crippen molar-refractivity contribution in [3.8, 4) is 22.5 Å². The summed E-state index contributed by atoms with van der Waals surface area (Å²) >= 11 is 0. The molecule has 1 aliphatic heterocycles. The second-order valence-electron chi connectivity index (χ2n) is 12.7. The lowest BCUT2D eigenvalue weighted by atomic mass is 9.85. The van der Waals surface area contributed by atoms with E-state index in [1.807, 2.05) is 81.9 Å². The number of aryl methyl sites for hydroxylation is 1. The van der Waals surface area contributed by atoms with Gasteiger partial charge in [0, 0.05) is 49.1 Å². The molecule has 45 heavy (non-hydrogen) atoms. The van der Waals surface area contributed by atoms with E-state index in [1.54, 1.807) is 11.8 Å². The van der Waals surface area contributed by atoms with E-state index in [4.69, 9.17) is 4.74 Å². The lowest BCUT2D eigenvalue weighted by Gasteiger charge is -2.31. The van der Waals surface area contributed by atoms with E-state index in [9.17, 15) is 14.4 Å². The maximum Gasteiger partial charge on any atom is 0.227 e. The second kappa shape index (κ2) is 14.9. The van der Waals surface area contributed by atoms with Gasteiger partial charge in [-0.3, -0.25) is 14.4 Å². The Morgan fingerprint density at radius 3 is 2.42 bits per heavy atom. The number of ketones is 1. The Morgan fingerprint density at radius 1 is 1.00 bits per heavy atom.